The van der Waals surface area contributed by atoms with E-state index >= 15 is 0 Å². The first kappa shape index (κ1) is 18.2. The summed E-state index contributed by atoms with van der Waals surface area (Å²) in [5, 5.41) is 14.4. The average molecular weight is 385 g/mol. The third-order valence-electron chi connectivity index (χ3n) is 4.40. The molecule has 4 nitrogen and oxygen atoms in total. The van der Waals surface area contributed by atoms with Crippen molar-refractivity contribution in [3.05, 3.63) is 84.4 Å². The monoisotopic (exact) mass is 385 g/mol. The number of carbonyl (C=O) groups excluding carboxylic acids is 1. The van der Waals surface area contributed by atoms with E-state index in [1.54, 1.807) is 0 Å². The van der Waals surface area contributed by atoms with Crippen molar-refractivity contribution in [3.8, 4) is 11.3 Å². The predicted octanol–water partition coefficient (Wildman–Crippen LogP) is 5.34. The van der Waals surface area contributed by atoms with E-state index in [0.29, 0.717) is 0 Å². The van der Waals surface area contributed by atoms with Crippen molar-refractivity contribution in [1.82, 2.24) is 10.2 Å². The van der Waals surface area contributed by atoms with E-state index in [2.05, 4.69) is 34.6 Å². The Morgan fingerprint density at radius 2 is 1.68 bits per heavy atom. The van der Waals surface area contributed by atoms with Crippen LogP contribution in [-0.2, 0) is 4.79 Å². The maximum absolute atomic E-state index is 12.4. The zero-order valence-corrected chi connectivity index (χ0v) is 16.2. The van der Waals surface area contributed by atoms with Gasteiger partial charge in [0.2, 0.25) is 5.91 Å². The van der Waals surface area contributed by atoms with E-state index in [0.717, 1.165) is 32.7 Å². The summed E-state index contributed by atoms with van der Waals surface area (Å²) in [7, 11) is 0. The molecule has 4 rings (SSSR count). The van der Waals surface area contributed by atoms with Gasteiger partial charge in [0.1, 0.15) is 5.03 Å². The van der Waals surface area contributed by atoms with Crippen molar-refractivity contribution in [2.24, 2.45) is 0 Å². The molecular formula is C23H19N3OS. The first-order valence-electron chi connectivity index (χ1n) is 9.00. The number of carbonyl (C=O) groups is 1. The number of benzene rings is 3. The number of aromatic nitrogens is 2. The fraction of sp³-hybridized carbons (Fsp3) is 0.0870. The first-order chi connectivity index (χ1) is 13.7. The van der Waals surface area contributed by atoms with Gasteiger partial charge in [-0.1, -0.05) is 78.0 Å². The lowest BCUT2D eigenvalue weighted by Crippen LogP contribution is -2.14. The smallest absolute Gasteiger partial charge is 0.234 e. The third kappa shape index (κ3) is 4.21. The number of nitrogens with one attached hydrogen (secondary N) is 1. The highest BCUT2D eigenvalue weighted by Gasteiger charge is 2.08. The van der Waals surface area contributed by atoms with Gasteiger partial charge in [-0.05, 0) is 30.5 Å². The molecule has 1 heterocycles. The van der Waals surface area contributed by atoms with Crippen molar-refractivity contribution < 1.29 is 4.79 Å². The number of nitrogens with zero attached hydrogens (tertiary/aromatic N) is 2. The SMILES string of the molecule is Cc1ccc(-c2ccc(SCC(=O)Nc3cccc4ccccc34)nn2)cc1. The van der Waals surface area contributed by atoms with Crippen molar-refractivity contribution in [3.63, 3.8) is 0 Å². The summed E-state index contributed by atoms with van der Waals surface area (Å²) in [6.45, 7) is 2.05. The predicted molar refractivity (Wildman–Crippen MR) is 116 cm³/mol. The average Bonchev–Trinajstić information content (AvgIpc) is 2.74. The molecule has 1 aromatic heterocycles. The van der Waals surface area contributed by atoms with E-state index in [4.69, 9.17) is 0 Å². The van der Waals surface area contributed by atoms with E-state index in [1.165, 1.54) is 17.3 Å². The fourth-order valence-electron chi connectivity index (χ4n) is 2.94. The third-order valence-corrected chi connectivity index (χ3v) is 5.32. The molecule has 0 unspecified atom stereocenters. The number of rotatable bonds is 5. The molecule has 0 spiro atoms. The number of amides is 1. The second kappa shape index (κ2) is 8.23. The molecule has 0 atom stereocenters. The van der Waals surface area contributed by atoms with Crippen molar-refractivity contribution in [1.29, 1.82) is 0 Å². The maximum Gasteiger partial charge on any atom is 0.234 e. The lowest BCUT2D eigenvalue weighted by Gasteiger charge is -2.08. The molecule has 0 aliphatic carbocycles. The lowest BCUT2D eigenvalue weighted by molar-refractivity contribution is -0.113. The van der Waals surface area contributed by atoms with Crippen LogP contribution >= 0.6 is 11.8 Å². The molecule has 0 bridgehead atoms. The van der Waals surface area contributed by atoms with Gasteiger partial charge in [0.15, 0.2) is 0 Å². The maximum atomic E-state index is 12.4. The van der Waals surface area contributed by atoms with Gasteiger partial charge in [0.25, 0.3) is 0 Å². The molecule has 0 saturated heterocycles. The van der Waals surface area contributed by atoms with E-state index < -0.39 is 0 Å². The van der Waals surface area contributed by atoms with Gasteiger partial charge >= 0.3 is 0 Å². The van der Waals surface area contributed by atoms with Gasteiger partial charge in [0.05, 0.1) is 11.4 Å². The van der Waals surface area contributed by atoms with Gasteiger partial charge in [-0.15, -0.1) is 10.2 Å². The van der Waals surface area contributed by atoms with Crippen LogP contribution in [0.5, 0.6) is 0 Å². The minimum Gasteiger partial charge on any atom is -0.325 e. The van der Waals surface area contributed by atoms with E-state index in [9.17, 15) is 4.79 Å². The van der Waals surface area contributed by atoms with Crippen molar-refractivity contribution >= 4 is 34.1 Å². The molecule has 1 amide bonds. The van der Waals surface area contributed by atoms with Crippen molar-refractivity contribution in [2.45, 2.75) is 11.9 Å². The summed E-state index contributed by atoms with van der Waals surface area (Å²) < 4.78 is 0. The Labute approximate surface area is 168 Å². The van der Waals surface area contributed by atoms with Gasteiger partial charge in [0, 0.05) is 16.6 Å². The number of thioether (sulfide) groups is 1. The molecule has 0 saturated carbocycles. The first-order valence-corrected chi connectivity index (χ1v) is 9.99. The minimum atomic E-state index is -0.0641. The Kier molecular flexibility index (Phi) is 5.35. The highest BCUT2D eigenvalue weighted by Crippen LogP contribution is 2.24. The molecule has 0 radical (unpaired) electrons. The molecule has 1 N–H and O–H groups in total. The topological polar surface area (TPSA) is 54.9 Å². The number of anilines is 1. The van der Waals surface area contributed by atoms with Crippen LogP contribution in [0, 0.1) is 6.92 Å². The Morgan fingerprint density at radius 1 is 0.893 bits per heavy atom. The zero-order chi connectivity index (χ0) is 19.3. The van der Waals surface area contributed by atoms with Crippen LogP contribution in [0.3, 0.4) is 0 Å². The molecule has 4 aromatic rings. The van der Waals surface area contributed by atoms with E-state index in [-0.39, 0.29) is 11.7 Å². The van der Waals surface area contributed by atoms with Crippen LogP contribution in [0.25, 0.3) is 22.0 Å². The number of aryl methyl sites for hydroxylation is 1. The molecule has 0 aliphatic rings. The molecule has 0 fully saturated rings. The molecule has 5 heteroatoms. The highest BCUT2D eigenvalue weighted by molar-refractivity contribution is 7.99. The van der Waals surface area contributed by atoms with E-state index in [1.807, 2.05) is 66.7 Å². The number of fused-ring (bicyclic) bond motifs is 1. The minimum absolute atomic E-state index is 0.0641. The van der Waals surface area contributed by atoms with Crippen LogP contribution in [0.1, 0.15) is 5.56 Å². The summed E-state index contributed by atoms with van der Waals surface area (Å²) in [5.74, 6) is 0.215. The molecule has 138 valence electrons. The van der Waals surface area contributed by atoms with Gasteiger partial charge in [-0.25, -0.2) is 0 Å². The molecular weight excluding hydrogens is 366 g/mol. The second-order valence-electron chi connectivity index (χ2n) is 6.49. The number of hydrogen-bond donors (Lipinski definition) is 1. The Morgan fingerprint density at radius 3 is 2.46 bits per heavy atom. The van der Waals surface area contributed by atoms with Crippen LogP contribution in [0.2, 0.25) is 0 Å². The van der Waals surface area contributed by atoms with Crippen LogP contribution in [0.15, 0.2) is 83.9 Å². The number of hydrogen-bond acceptors (Lipinski definition) is 4. The van der Waals surface area contributed by atoms with Crippen LogP contribution in [0.4, 0.5) is 5.69 Å². The van der Waals surface area contributed by atoms with Crippen molar-refractivity contribution in [2.75, 3.05) is 11.1 Å². The Balaban J connectivity index is 1.38. The fourth-order valence-corrected chi connectivity index (χ4v) is 3.55. The molecule has 0 aliphatic heterocycles. The van der Waals surface area contributed by atoms with Gasteiger partial charge in [-0.3, -0.25) is 4.79 Å². The highest BCUT2D eigenvalue weighted by atomic mass is 32.2. The quantitative estimate of drug-likeness (QED) is 0.471. The summed E-state index contributed by atoms with van der Waals surface area (Å²) in [6.07, 6.45) is 0. The Hall–Kier alpha value is -3.18. The molecule has 28 heavy (non-hydrogen) atoms. The zero-order valence-electron chi connectivity index (χ0n) is 15.4. The summed E-state index contributed by atoms with van der Waals surface area (Å²) in [6, 6.07) is 25.9. The van der Waals surface area contributed by atoms with Gasteiger partial charge in [-0.2, -0.15) is 0 Å². The largest absolute Gasteiger partial charge is 0.325 e. The summed E-state index contributed by atoms with van der Waals surface area (Å²) in [4.78, 5) is 12.4. The van der Waals surface area contributed by atoms with Crippen LogP contribution in [-0.4, -0.2) is 21.9 Å². The lowest BCUT2D eigenvalue weighted by atomic mass is 10.1. The van der Waals surface area contributed by atoms with Gasteiger partial charge < -0.3 is 5.32 Å². The Bertz CT molecular complexity index is 1100. The summed E-state index contributed by atoms with van der Waals surface area (Å²) >= 11 is 1.37. The molecule has 3 aromatic carbocycles. The second-order valence-corrected chi connectivity index (χ2v) is 7.48. The normalized spacial score (nSPS) is 10.8. The standard InChI is InChI=1S/C23H19N3OS/c1-16-9-11-18(12-10-16)20-13-14-23(26-25-20)28-15-22(27)24-21-8-4-6-17-5-2-3-7-19(17)21/h2-14H,15H2,1H3,(H,24,27). The summed E-state index contributed by atoms with van der Waals surface area (Å²) in [5.41, 5.74) is 3.89. The van der Waals surface area contributed by atoms with Crippen LogP contribution < -0.4 is 5.32 Å².